The number of sulfone groups is 1. The van der Waals surface area contributed by atoms with Crippen molar-refractivity contribution in [3.05, 3.63) is 53.9 Å². The van der Waals surface area contributed by atoms with Crippen LogP contribution >= 0.6 is 0 Å². The van der Waals surface area contributed by atoms with Crippen LogP contribution in [0.4, 0.5) is 0 Å². The summed E-state index contributed by atoms with van der Waals surface area (Å²) in [5.74, 6) is -0.104. The largest absolute Gasteiger partial charge is 0.338 e. The van der Waals surface area contributed by atoms with Crippen LogP contribution in [-0.2, 0) is 14.6 Å². The third-order valence-corrected chi connectivity index (χ3v) is 5.28. The van der Waals surface area contributed by atoms with E-state index >= 15 is 0 Å². The SMILES string of the molecule is CS(=O)(=O)c1cn[nH]c1C1CCN(C(=O)/C=C/c2ccccc2)C1. The Kier molecular flexibility index (Phi) is 4.53. The van der Waals surface area contributed by atoms with E-state index in [1.807, 2.05) is 30.3 Å². The number of benzene rings is 1. The molecule has 1 fully saturated rings. The summed E-state index contributed by atoms with van der Waals surface area (Å²) in [6.07, 6.45) is 6.57. The number of amides is 1. The third-order valence-electron chi connectivity index (χ3n) is 4.16. The molecule has 2 heterocycles. The minimum Gasteiger partial charge on any atom is -0.338 e. The Morgan fingerprint density at radius 3 is 2.79 bits per heavy atom. The number of H-pyrrole nitrogens is 1. The van der Waals surface area contributed by atoms with Crippen molar-refractivity contribution in [3.8, 4) is 0 Å². The molecule has 24 heavy (non-hydrogen) atoms. The van der Waals surface area contributed by atoms with Gasteiger partial charge in [-0.1, -0.05) is 30.3 Å². The number of nitrogens with one attached hydrogen (secondary N) is 1. The van der Waals surface area contributed by atoms with Gasteiger partial charge in [-0.3, -0.25) is 9.89 Å². The molecule has 1 aliphatic heterocycles. The number of hydrogen-bond acceptors (Lipinski definition) is 4. The maximum atomic E-state index is 12.3. The van der Waals surface area contributed by atoms with Gasteiger partial charge in [0.05, 0.1) is 11.9 Å². The molecule has 0 saturated carbocycles. The molecule has 2 aromatic rings. The summed E-state index contributed by atoms with van der Waals surface area (Å²) in [5, 5.41) is 6.64. The van der Waals surface area contributed by atoms with Crippen molar-refractivity contribution in [1.82, 2.24) is 15.1 Å². The minimum atomic E-state index is -3.32. The number of likely N-dealkylation sites (tertiary alicyclic amines) is 1. The minimum absolute atomic E-state index is 0.0358. The van der Waals surface area contributed by atoms with Gasteiger partial charge in [-0.15, -0.1) is 0 Å². The van der Waals surface area contributed by atoms with Gasteiger partial charge in [0.15, 0.2) is 9.84 Å². The van der Waals surface area contributed by atoms with Crippen LogP contribution in [0.25, 0.3) is 6.08 Å². The van der Waals surface area contributed by atoms with Crippen molar-refractivity contribution in [2.24, 2.45) is 0 Å². The highest BCUT2D eigenvalue weighted by molar-refractivity contribution is 7.90. The summed E-state index contributed by atoms with van der Waals surface area (Å²) in [6, 6.07) is 9.62. The fourth-order valence-corrected chi connectivity index (χ4v) is 3.76. The highest BCUT2D eigenvalue weighted by atomic mass is 32.2. The Morgan fingerprint density at radius 1 is 1.33 bits per heavy atom. The van der Waals surface area contributed by atoms with Gasteiger partial charge < -0.3 is 4.90 Å². The molecule has 6 nitrogen and oxygen atoms in total. The third kappa shape index (κ3) is 3.56. The molecule has 1 unspecified atom stereocenters. The van der Waals surface area contributed by atoms with E-state index in [1.54, 1.807) is 17.1 Å². The molecule has 0 spiro atoms. The number of carbonyl (C=O) groups is 1. The van der Waals surface area contributed by atoms with Crippen molar-refractivity contribution in [1.29, 1.82) is 0 Å². The Morgan fingerprint density at radius 2 is 2.08 bits per heavy atom. The van der Waals surface area contributed by atoms with Crippen LogP contribution < -0.4 is 0 Å². The van der Waals surface area contributed by atoms with Crippen molar-refractivity contribution in [2.75, 3.05) is 19.3 Å². The van der Waals surface area contributed by atoms with Crippen LogP contribution in [0.5, 0.6) is 0 Å². The molecule has 7 heteroatoms. The molecule has 0 bridgehead atoms. The topological polar surface area (TPSA) is 83.1 Å². The molecule has 1 atom stereocenters. The van der Waals surface area contributed by atoms with Gasteiger partial charge in [0.25, 0.3) is 0 Å². The molecule has 3 rings (SSSR count). The van der Waals surface area contributed by atoms with E-state index in [-0.39, 0.29) is 16.7 Å². The molecule has 126 valence electrons. The fourth-order valence-electron chi connectivity index (χ4n) is 2.91. The summed E-state index contributed by atoms with van der Waals surface area (Å²) in [7, 11) is -3.32. The molecular weight excluding hydrogens is 326 g/mol. The molecule has 1 amide bonds. The number of aromatic nitrogens is 2. The summed E-state index contributed by atoms with van der Waals surface area (Å²) < 4.78 is 23.6. The predicted octanol–water partition coefficient (Wildman–Crippen LogP) is 1.84. The molecule has 0 radical (unpaired) electrons. The van der Waals surface area contributed by atoms with Crippen molar-refractivity contribution in [3.63, 3.8) is 0 Å². The lowest BCUT2D eigenvalue weighted by atomic mass is 10.1. The lowest BCUT2D eigenvalue weighted by Crippen LogP contribution is -2.26. The van der Waals surface area contributed by atoms with Crippen LogP contribution in [-0.4, -0.2) is 48.8 Å². The summed E-state index contributed by atoms with van der Waals surface area (Å²) >= 11 is 0. The quantitative estimate of drug-likeness (QED) is 0.857. The standard InChI is InChI=1S/C17H19N3O3S/c1-24(22,23)15-11-18-19-17(15)14-9-10-20(12-14)16(21)8-7-13-5-3-2-4-6-13/h2-8,11,14H,9-10,12H2,1H3,(H,18,19)/b8-7+. The van der Waals surface area contributed by atoms with E-state index in [9.17, 15) is 13.2 Å². The van der Waals surface area contributed by atoms with Gasteiger partial charge in [-0.2, -0.15) is 5.10 Å². The van der Waals surface area contributed by atoms with Gasteiger partial charge in [-0.25, -0.2) is 8.42 Å². The highest BCUT2D eigenvalue weighted by Gasteiger charge is 2.31. The van der Waals surface area contributed by atoms with Crippen molar-refractivity contribution in [2.45, 2.75) is 17.2 Å². The second-order valence-electron chi connectivity index (χ2n) is 5.93. The Hall–Kier alpha value is -2.41. The number of carbonyl (C=O) groups excluding carboxylic acids is 1. The number of aromatic amines is 1. The smallest absolute Gasteiger partial charge is 0.246 e. The zero-order valence-corrected chi connectivity index (χ0v) is 14.2. The van der Waals surface area contributed by atoms with Crippen molar-refractivity contribution < 1.29 is 13.2 Å². The fraction of sp³-hybridized carbons (Fsp3) is 0.294. The molecule has 1 aromatic heterocycles. The second-order valence-corrected chi connectivity index (χ2v) is 7.92. The van der Waals surface area contributed by atoms with E-state index in [2.05, 4.69) is 10.2 Å². The normalized spacial score (nSPS) is 18.4. The molecule has 1 aliphatic rings. The average molecular weight is 345 g/mol. The lowest BCUT2D eigenvalue weighted by molar-refractivity contribution is -0.124. The van der Waals surface area contributed by atoms with Crippen LogP contribution in [0, 0.1) is 0 Å². The van der Waals surface area contributed by atoms with Gasteiger partial charge in [0.1, 0.15) is 4.90 Å². The predicted molar refractivity (Wildman–Crippen MR) is 91.1 cm³/mol. The Labute approximate surface area is 141 Å². The van der Waals surface area contributed by atoms with E-state index in [0.717, 1.165) is 12.0 Å². The lowest BCUT2D eigenvalue weighted by Gasteiger charge is -2.14. The second kappa shape index (κ2) is 6.60. The number of nitrogens with zero attached hydrogens (tertiary/aromatic N) is 2. The monoisotopic (exact) mass is 345 g/mol. The molecular formula is C17H19N3O3S. The number of rotatable bonds is 4. The first-order valence-electron chi connectivity index (χ1n) is 7.70. The van der Waals surface area contributed by atoms with Crippen LogP contribution in [0.2, 0.25) is 0 Å². The maximum absolute atomic E-state index is 12.3. The van der Waals surface area contributed by atoms with E-state index < -0.39 is 9.84 Å². The van der Waals surface area contributed by atoms with Gasteiger partial charge in [0, 0.05) is 31.3 Å². The first kappa shape index (κ1) is 16.4. The zero-order valence-electron chi connectivity index (χ0n) is 13.3. The van der Waals surface area contributed by atoms with Crippen LogP contribution in [0.15, 0.2) is 47.5 Å². The van der Waals surface area contributed by atoms with Gasteiger partial charge in [-0.05, 0) is 18.1 Å². The van der Waals surface area contributed by atoms with Gasteiger partial charge in [0.2, 0.25) is 5.91 Å². The number of hydrogen-bond donors (Lipinski definition) is 1. The maximum Gasteiger partial charge on any atom is 0.246 e. The molecule has 1 aromatic carbocycles. The van der Waals surface area contributed by atoms with Crippen molar-refractivity contribution >= 4 is 21.8 Å². The first-order valence-corrected chi connectivity index (χ1v) is 9.59. The zero-order chi connectivity index (χ0) is 17.2. The summed E-state index contributed by atoms with van der Waals surface area (Å²) in [4.78, 5) is 14.3. The average Bonchev–Trinajstić information content (AvgIpc) is 3.21. The van der Waals surface area contributed by atoms with Gasteiger partial charge >= 0.3 is 0 Å². The van der Waals surface area contributed by atoms with E-state index in [1.165, 1.54) is 12.5 Å². The molecule has 1 saturated heterocycles. The Bertz CT molecular complexity index is 856. The molecule has 1 N–H and O–H groups in total. The summed E-state index contributed by atoms with van der Waals surface area (Å²) in [5.41, 5.74) is 1.56. The van der Waals surface area contributed by atoms with Crippen LogP contribution in [0.1, 0.15) is 23.6 Å². The summed E-state index contributed by atoms with van der Waals surface area (Å²) in [6.45, 7) is 1.09. The highest BCUT2D eigenvalue weighted by Crippen LogP contribution is 2.30. The Balaban J connectivity index is 1.69. The molecule has 0 aliphatic carbocycles. The van der Waals surface area contributed by atoms with E-state index in [4.69, 9.17) is 0 Å². The van der Waals surface area contributed by atoms with E-state index in [0.29, 0.717) is 18.8 Å². The van der Waals surface area contributed by atoms with Crippen LogP contribution in [0.3, 0.4) is 0 Å². The first-order chi connectivity index (χ1) is 11.4.